The molecule has 1 rings (SSSR count). The van der Waals surface area contributed by atoms with Gasteiger partial charge in [-0.15, -0.1) is 0 Å². The van der Waals surface area contributed by atoms with Crippen LogP contribution < -0.4 is 4.74 Å². The van der Waals surface area contributed by atoms with E-state index in [4.69, 9.17) is 4.74 Å². The maximum Gasteiger partial charge on any atom is 0.163 e. The summed E-state index contributed by atoms with van der Waals surface area (Å²) < 4.78 is 5.67. The van der Waals surface area contributed by atoms with Crippen molar-refractivity contribution in [1.29, 1.82) is 0 Å². The Balaban J connectivity index is 2.65. The van der Waals surface area contributed by atoms with Gasteiger partial charge in [-0.2, -0.15) is 0 Å². The average Bonchev–Trinajstić information content (AvgIpc) is 2.24. The number of carbonyl (C=O) groups is 2. The Kier molecular flexibility index (Phi) is 4.65. The van der Waals surface area contributed by atoms with Crippen LogP contribution in [0.1, 0.15) is 50.9 Å². The van der Waals surface area contributed by atoms with Gasteiger partial charge < -0.3 is 9.53 Å². The molecular formula is C15H20O3. The Morgan fingerprint density at radius 3 is 2.06 bits per heavy atom. The third-order valence-corrected chi connectivity index (χ3v) is 2.30. The van der Waals surface area contributed by atoms with Crippen molar-refractivity contribution < 1.29 is 14.3 Å². The lowest BCUT2D eigenvalue weighted by Crippen LogP contribution is -2.22. The molecule has 0 fully saturated rings. The van der Waals surface area contributed by atoms with E-state index in [1.165, 1.54) is 6.92 Å². The van der Waals surface area contributed by atoms with Crippen molar-refractivity contribution in [2.45, 2.75) is 46.1 Å². The number of hydrogen-bond donors (Lipinski definition) is 0. The summed E-state index contributed by atoms with van der Waals surface area (Å²) in [5, 5.41) is 0. The number of Topliss-reactive ketones (excluding diaryl/α,β-unsaturated/α-hetero) is 2. The Bertz CT molecular complexity index is 424. The van der Waals surface area contributed by atoms with Crippen LogP contribution in [0.5, 0.6) is 5.75 Å². The summed E-state index contributed by atoms with van der Waals surface area (Å²) in [5.74, 6) is 0.772. The molecule has 0 radical (unpaired) electrons. The summed E-state index contributed by atoms with van der Waals surface area (Å²) >= 11 is 0. The molecule has 0 saturated heterocycles. The van der Waals surface area contributed by atoms with E-state index in [1.807, 2.05) is 20.8 Å². The van der Waals surface area contributed by atoms with Gasteiger partial charge in [-0.05, 0) is 52.0 Å². The molecule has 3 nitrogen and oxygen atoms in total. The number of benzene rings is 1. The second-order valence-electron chi connectivity index (χ2n) is 5.36. The zero-order valence-electron chi connectivity index (χ0n) is 11.4. The molecule has 0 N–H and O–H groups in total. The summed E-state index contributed by atoms with van der Waals surface area (Å²) in [4.78, 5) is 22.6. The second-order valence-corrected chi connectivity index (χ2v) is 5.36. The normalized spacial score (nSPS) is 11.1. The summed E-state index contributed by atoms with van der Waals surface area (Å²) in [6, 6.07) is 7.05. The fourth-order valence-electron chi connectivity index (χ4n) is 1.50. The van der Waals surface area contributed by atoms with Gasteiger partial charge in [0.1, 0.15) is 17.1 Å². The molecule has 0 aliphatic heterocycles. The molecule has 0 bridgehead atoms. The lowest BCUT2D eigenvalue weighted by atomic mass is 10.1. The summed E-state index contributed by atoms with van der Waals surface area (Å²) in [6.45, 7) is 7.41. The number of rotatable bonds is 5. The van der Waals surface area contributed by atoms with Crippen LogP contribution in [-0.2, 0) is 4.79 Å². The molecule has 0 aliphatic rings. The molecule has 0 heterocycles. The SMILES string of the molecule is CC(=O)CCC(=O)c1ccc(OC(C)(C)C)cc1. The van der Waals surface area contributed by atoms with Crippen LogP contribution in [-0.4, -0.2) is 17.2 Å². The van der Waals surface area contributed by atoms with Crippen LogP contribution >= 0.6 is 0 Å². The highest BCUT2D eigenvalue weighted by atomic mass is 16.5. The molecule has 0 spiro atoms. The fourth-order valence-corrected chi connectivity index (χ4v) is 1.50. The smallest absolute Gasteiger partial charge is 0.163 e. The molecule has 0 unspecified atom stereocenters. The van der Waals surface area contributed by atoms with Gasteiger partial charge in [0.25, 0.3) is 0 Å². The van der Waals surface area contributed by atoms with Crippen molar-refractivity contribution in [2.24, 2.45) is 0 Å². The fraction of sp³-hybridized carbons (Fsp3) is 0.467. The van der Waals surface area contributed by atoms with Crippen molar-refractivity contribution in [1.82, 2.24) is 0 Å². The van der Waals surface area contributed by atoms with E-state index in [0.29, 0.717) is 12.0 Å². The van der Waals surface area contributed by atoms with E-state index in [-0.39, 0.29) is 23.6 Å². The minimum Gasteiger partial charge on any atom is -0.488 e. The van der Waals surface area contributed by atoms with Crippen LogP contribution in [0.2, 0.25) is 0 Å². The maximum absolute atomic E-state index is 11.8. The first-order chi connectivity index (χ1) is 8.28. The Labute approximate surface area is 108 Å². The largest absolute Gasteiger partial charge is 0.488 e. The number of carbonyl (C=O) groups excluding carboxylic acids is 2. The van der Waals surface area contributed by atoms with Gasteiger partial charge >= 0.3 is 0 Å². The highest BCUT2D eigenvalue weighted by Crippen LogP contribution is 2.19. The minimum atomic E-state index is -0.250. The number of ketones is 2. The molecule has 0 aromatic heterocycles. The Morgan fingerprint density at radius 1 is 1.06 bits per heavy atom. The molecule has 0 atom stereocenters. The molecule has 3 heteroatoms. The van der Waals surface area contributed by atoms with Crippen LogP contribution in [0, 0.1) is 0 Å². The molecule has 0 saturated carbocycles. The Morgan fingerprint density at radius 2 is 1.61 bits per heavy atom. The van der Waals surface area contributed by atoms with Crippen LogP contribution in [0.3, 0.4) is 0 Å². The molecule has 0 aliphatic carbocycles. The monoisotopic (exact) mass is 248 g/mol. The van der Waals surface area contributed by atoms with E-state index < -0.39 is 0 Å². The average molecular weight is 248 g/mol. The zero-order chi connectivity index (χ0) is 13.8. The third-order valence-electron chi connectivity index (χ3n) is 2.30. The number of hydrogen-bond acceptors (Lipinski definition) is 3. The first-order valence-electron chi connectivity index (χ1n) is 6.09. The van der Waals surface area contributed by atoms with Gasteiger partial charge in [0.2, 0.25) is 0 Å². The number of ether oxygens (including phenoxy) is 1. The molecule has 1 aromatic rings. The molecular weight excluding hydrogens is 228 g/mol. The van der Waals surface area contributed by atoms with E-state index in [9.17, 15) is 9.59 Å². The van der Waals surface area contributed by atoms with E-state index in [1.54, 1.807) is 24.3 Å². The molecule has 0 amide bonds. The quantitative estimate of drug-likeness (QED) is 0.750. The van der Waals surface area contributed by atoms with Gasteiger partial charge in [-0.1, -0.05) is 0 Å². The second kappa shape index (κ2) is 5.80. The topological polar surface area (TPSA) is 43.4 Å². The highest BCUT2D eigenvalue weighted by Gasteiger charge is 2.12. The van der Waals surface area contributed by atoms with Gasteiger partial charge in [0.15, 0.2) is 5.78 Å². The van der Waals surface area contributed by atoms with Gasteiger partial charge in [0, 0.05) is 18.4 Å². The lowest BCUT2D eigenvalue weighted by molar-refractivity contribution is -0.116. The molecule has 1 aromatic carbocycles. The van der Waals surface area contributed by atoms with Crippen molar-refractivity contribution in [3.8, 4) is 5.75 Å². The van der Waals surface area contributed by atoms with Gasteiger partial charge in [0.05, 0.1) is 0 Å². The van der Waals surface area contributed by atoms with Crippen molar-refractivity contribution >= 4 is 11.6 Å². The van der Waals surface area contributed by atoms with Gasteiger partial charge in [-0.25, -0.2) is 0 Å². The summed E-state index contributed by atoms with van der Waals surface area (Å²) in [6.07, 6.45) is 0.577. The minimum absolute atomic E-state index is 0.00694. The van der Waals surface area contributed by atoms with E-state index in [0.717, 1.165) is 5.75 Å². The molecule has 18 heavy (non-hydrogen) atoms. The predicted octanol–water partition coefficient (Wildman–Crippen LogP) is 3.42. The standard InChI is InChI=1S/C15H20O3/c1-11(16)5-10-14(17)12-6-8-13(9-7-12)18-15(2,3)4/h6-9H,5,10H2,1-4H3. The van der Waals surface area contributed by atoms with Crippen LogP contribution in [0.4, 0.5) is 0 Å². The van der Waals surface area contributed by atoms with Crippen molar-refractivity contribution in [3.63, 3.8) is 0 Å². The van der Waals surface area contributed by atoms with Crippen molar-refractivity contribution in [3.05, 3.63) is 29.8 Å². The van der Waals surface area contributed by atoms with E-state index >= 15 is 0 Å². The van der Waals surface area contributed by atoms with Crippen molar-refractivity contribution in [2.75, 3.05) is 0 Å². The first-order valence-corrected chi connectivity index (χ1v) is 6.09. The first kappa shape index (κ1) is 14.4. The summed E-state index contributed by atoms with van der Waals surface area (Å²) in [7, 11) is 0. The Hall–Kier alpha value is -1.64. The third kappa shape index (κ3) is 5.13. The van der Waals surface area contributed by atoms with Crippen LogP contribution in [0.15, 0.2) is 24.3 Å². The lowest BCUT2D eigenvalue weighted by Gasteiger charge is -2.21. The van der Waals surface area contributed by atoms with E-state index in [2.05, 4.69) is 0 Å². The maximum atomic E-state index is 11.8. The zero-order valence-corrected chi connectivity index (χ0v) is 11.4. The summed E-state index contributed by atoms with van der Waals surface area (Å²) in [5.41, 5.74) is 0.373. The molecule has 98 valence electrons. The predicted molar refractivity (Wildman–Crippen MR) is 71.1 cm³/mol. The van der Waals surface area contributed by atoms with Crippen LogP contribution in [0.25, 0.3) is 0 Å². The van der Waals surface area contributed by atoms with Gasteiger partial charge in [-0.3, -0.25) is 4.79 Å². The highest BCUT2D eigenvalue weighted by molar-refractivity contribution is 5.98.